The molecule has 2 heterocycles. The molecule has 0 aromatic rings. The minimum Gasteiger partial charge on any atom is -0.357 e. The zero-order chi connectivity index (χ0) is 20.4. The van der Waals surface area contributed by atoms with Crippen molar-refractivity contribution in [2.24, 2.45) is 4.99 Å². The van der Waals surface area contributed by atoms with Crippen LogP contribution >= 0.6 is 24.0 Å². The fourth-order valence-electron chi connectivity index (χ4n) is 3.90. The number of nitrogens with zero attached hydrogens (tertiary/aromatic N) is 4. The van der Waals surface area contributed by atoms with Gasteiger partial charge in [0.05, 0.1) is 6.04 Å². The molecule has 9 heteroatoms. The van der Waals surface area contributed by atoms with Crippen LogP contribution in [0.15, 0.2) is 4.99 Å². The molecule has 2 amide bonds. The molecule has 0 aliphatic carbocycles. The summed E-state index contributed by atoms with van der Waals surface area (Å²) in [6, 6.07) is 0.0465. The number of halogens is 1. The highest BCUT2D eigenvalue weighted by Crippen LogP contribution is 2.18. The van der Waals surface area contributed by atoms with E-state index in [-0.39, 0.29) is 41.8 Å². The van der Waals surface area contributed by atoms with Crippen LogP contribution in [0.1, 0.15) is 45.4 Å². The molecule has 2 saturated heterocycles. The Hall–Kier alpha value is -1.10. The molecule has 0 aromatic carbocycles. The molecular formula is C20H39IN6O2. The minimum absolute atomic E-state index is 0. The second-order valence-electron chi connectivity index (χ2n) is 7.81. The van der Waals surface area contributed by atoms with E-state index in [0.29, 0.717) is 13.0 Å². The van der Waals surface area contributed by atoms with Crippen LogP contribution in [-0.4, -0.2) is 98.4 Å². The predicted molar refractivity (Wildman–Crippen MR) is 128 cm³/mol. The normalized spacial score (nSPS) is 20.0. The van der Waals surface area contributed by atoms with E-state index in [9.17, 15) is 9.59 Å². The summed E-state index contributed by atoms with van der Waals surface area (Å²) in [5, 5.41) is 6.66. The van der Waals surface area contributed by atoms with E-state index >= 15 is 0 Å². The Morgan fingerprint density at radius 2 is 1.97 bits per heavy atom. The number of guanidine groups is 1. The molecule has 2 rings (SSSR count). The fraction of sp³-hybridized carbons (Fsp3) is 0.850. The lowest BCUT2D eigenvalue weighted by Crippen LogP contribution is -2.44. The smallest absolute Gasteiger partial charge is 0.239 e. The second kappa shape index (κ2) is 14.0. The molecule has 2 aliphatic heterocycles. The SMILES string of the molecule is CCNC(=NCCCN1CCCC1=O)NCCCN1CCCC1C(=O)N(C)C.I. The van der Waals surface area contributed by atoms with Gasteiger partial charge in [-0.1, -0.05) is 0 Å². The van der Waals surface area contributed by atoms with Gasteiger partial charge in [0.1, 0.15) is 0 Å². The summed E-state index contributed by atoms with van der Waals surface area (Å²) in [7, 11) is 3.67. The van der Waals surface area contributed by atoms with Gasteiger partial charge in [-0.05, 0) is 45.6 Å². The summed E-state index contributed by atoms with van der Waals surface area (Å²) >= 11 is 0. The average molecular weight is 522 g/mol. The van der Waals surface area contributed by atoms with Crippen molar-refractivity contribution in [3.05, 3.63) is 0 Å². The second-order valence-corrected chi connectivity index (χ2v) is 7.81. The van der Waals surface area contributed by atoms with Crippen molar-refractivity contribution in [2.75, 3.05) is 59.9 Å². The van der Waals surface area contributed by atoms with Crippen LogP contribution in [0.2, 0.25) is 0 Å². The number of hydrogen-bond acceptors (Lipinski definition) is 4. The Morgan fingerprint density at radius 3 is 2.62 bits per heavy atom. The maximum atomic E-state index is 12.3. The van der Waals surface area contributed by atoms with E-state index in [0.717, 1.165) is 77.3 Å². The molecule has 2 N–H and O–H groups in total. The summed E-state index contributed by atoms with van der Waals surface area (Å²) in [6.45, 7) is 8.05. The summed E-state index contributed by atoms with van der Waals surface area (Å²) in [5.74, 6) is 1.33. The van der Waals surface area contributed by atoms with Gasteiger partial charge >= 0.3 is 0 Å². The number of likely N-dealkylation sites (tertiary alicyclic amines) is 2. The van der Waals surface area contributed by atoms with Crippen LogP contribution in [0.3, 0.4) is 0 Å². The van der Waals surface area contributed by atoms with Gasteiger partial charge in [0, 0.05) is 59.8 Å². The van der Waals surface area contributed by atoms with Gasteiger partial charge in [0.15, 0.2) is 5.96 Å². The molecule has 0 spiro atoms. The maximum absolute atomic E-state index is 12.3. The number of hydrogen-bond donors (Lipinski definition) is 2. The number of likely N-dealkylation sites (N-methyl/N-ethyl adjacent to an activating group) is 1. The predicted octanol–water partition coefficient (Wildman–Crippen LogP) is 1.11. The minimum atomic E-state index is 0. The van der Waals surface area contributed by atoms with Crippen molar-refractivity contribution in [3.63, 3.8) is 0 Å². The zero-order valence-electron chi connectivity index (χ0n) is 18.3. The molecule has 2 fully saturated rings. The van der Waals surface area contributed by atoms with Gasteiger partial charge in [0.2, 0.25) is 11.8 Å². The Balaban J connectivity index is 0.00000420. The Morgan fingerprint density at radius 1 is 1.17 bits per heavy atom. The molecule has 0 saturated carbocycles. The largest absolute Gasteiger partial charge is 0.357 e. The van der Waals surface area contributed by atoms with Crippen LogP contribution in [0.4, 0.5) is 0 Å². The van der Waals surface area contributed by atoms with Gasteiger partial charge in [0.25, 0.3) is 0 Å². The van der Waals surface area contributed by atoms with Crippen LogP contribution in [-0.2, 0) is 9.59 Å². The quantitative estimate of drug-likeness (QED) is 0.195. The summed E-state index contributed by atoms with van der Waals surface area (Å²) < 4.78 is 0. The van der Waals surface area contributed by atoms with Crippen LogP contribution in [0.5, 0.6) is 0 Å². The topological polar surface area (TPSA) is 80.3 Å². The molecule has 8 nitrogen and oxygen atoms in total. The van der Waals surface area contributed by atoms with Crippen molar-refractivity contribution in [1.82, 2.24) is 25.3 Å². The lowest BCUT2D eigenvalue weighted by Gasteiger charge is -2.26. The van der Waals surface area contributed by atoms with Crippen LogP contribution in [0, 0.1) is 0 Å². The van der Waals surface area contributed by atoms with E-state index in [1.807, 2.05) is 19.0 Å². The molecule has 0 radical (unpaired) electrons. The third-order valence-corrected chi connectivity index (χ3v) is 5.38. The number of amides is 2. The molecule has 2 aliphatic rings. The third-order valence-electron chi connectivity index (χ3n) is 5.38. The average Bonchev–Trinajstić information content (AvgIpc) is 3.30. The van der Waals surface area contributed by atoms with E-state index in [2.05, 4.69) is 27.4 Å². The first-order valence-corrected chi connectivity index (χ1v) is 10.8. The summed E-state index contributed by atoms with van der Waals surface area (Å²) in [6.07, 6.45) is 5.62. The first-order valence-electron chi connectivity index (χ1n) is 10.8. The van der Waals surface area contributed by atoms with Gasteiger partial charge < -0.3 is 20.4 Å². The Kier molecular flexibility index (Phi) is 12.5. The molecule has 1 atom stereocenters. The van der Waals surface area contributed by atoms with Crippen molar-refractivity contribution in [1.29, 1.82) is 0 Å². The van der Waals surface area contributed by atoms with Crippen molar-refractivity contribution < 1.29 is 9.59 Å². The zero-order valence-corrected chi connectivity index (χ0v) is 20.6. The number of aliphatic imine (C=N–C) groups is 1. The molecule has 1 unspecified atom stereocenters. The number of rotatable bonds is 10. The Bertz CT molecular complexity index is 543. The highest BCUT2D eigenvalue weighted by Gasteiger charge is 2.30. The van der Waals surface area contributed by atoms with E-state index in [4.69, 9.17) is 0 Å². The number of nitrogens with one attached hydrogen (secondary N) is 2. The molecular weight excluding hydrogens is 483 g/mol. The van der Waals surface area contributed by atoms with Gasteiger partial charge in [-0.2, -0.15) is 0 Å². The van der Waals surface area contributed by atoms with Gasteiger partial charge in [-0.3, -0.25) is 19.5 Å². The lowest BCUT2D eigenvalue weighted by atomic mass is 10.2. The lowest BCUT2D eigenvalue weighted by molar-refractivity contribution is -0.133. The van der Waals surface area contributed by atoms with E-state index in [1.165, 1.54) is 0 Å². The van der Waals surface area contributed by atoms with E-state index in [1.54, 1.807) is 4.90 Å². The Labute approximate surface area is 192 Å². The maximum Gasteiger partial charge on any atom is 0.239 e. The molecule has 0 bridgehead atoms. The highest BCUT2D eigenvalue weighted by atomic mass is 127. The summed E-state index contributed by atoms with van der Waals surface area (Å²) in [5.41, 5.74) is 0. The molecule has 0 aromatic heterocycles. The molecule has 29 heavy (non-hydrogen) atoms. The first kappa shape index (κ1) is 25.9. The number of carbonyl (C=O) groups excluding carboxylic acids is 2. The van der Waals surface area contributed by atoms with Crippen molar-refractivity contribution in [2.45, 2.75) is 51.5 Å². The van der Waals surface area contributed by atoms with Gasteiger partial charge in [-0.25, -0.2) is 0 Å². The number of carbonyl (C=O) groups is 2. The first-order chi connectivity index (χ1) is 13.5. The third kappa shape index (κ3) is 8.65. The standard InChI is InChI=1S/C20H38N6O2.HI/c1-4-21-20(23-12-8-16-26-14-6-10-18(26)27)22-11-7-15-25-13-5-9-17(25)19(28)24(2)3;/h17H,4-16H2,1-3H3,(H2,21,22,23);1H. The van der Waals surface area contributed by atoms with Crippen LogP contribution in [0.25, 0.3) is 0 Å². The monoisotopic (exact) mass is 522 g/mol. The van der Waals surface area contributed by atoms with Crippen LogP contribution < -0.4 is 10.6 Å². The summed E-state index contributed by atoms with van der Waals surface area (Å²) in [4.78, 5) is 34.5. The van der Waals surface area contributed by atoms with E-state index < -0.39 is 0 Å². The van der Waals surface area contributed by atoms with Crippen molar-refractivity contribution in [3.8, 4) is 0 Å². The fourth-order valence-corrected chi connectivity index (χ4v) is 3.90. The molecule has 168 valence electrons. The van der Waals surface area contributed by atoms with Crippen molar-refractivity contribution >= 4 is 41.8 Å². The van der Waals surface area contributed by atoms with Gasteiger partial charge in [-0.15, -0.1) is 24.0 Å². The highest BCUT2D eigenvalue weighted by molar-refractivity contribution is 14.0.